The number of benzene rings is 1. The van der Waals surface area contributed by atoms with Crippen molar-refractivity contribution in [1.82, 2.24) is 5.32 Å². The number of aliphatic carboxylic acids is 1. The first kappa shape index (κ1) is 18.7. The molecule has 9 heteroatoms. The summed E-state index contributed by atoms with van der Waals surface area (Å²) < 4.78 is 36.4. The Hall–Kier alpha value is -1.67. The van der Waals surface area contributed by atoms with Crippen LogP contribution in [-0.4, -0.2) is 36.9 Å². The van der Waals surface area contributed by atoms with Gasteiger partial charge >= 0.3 is 5.97 Å². The number of amides is 1. The number of hydrogen-bond donors (Lipinski definition) is 2. The van der Waals surface area contributed by atoms with Gasteiger partial charge < -0.3 is 10.4 Å². The molecule has 0 radical (unpaired) electrons. The van der Waals surface area contributed by atoms with Crippen molar-refractivity contribution >= 4 is 33.3 Å². The highest BCUT2D eigenvalue weighted by atomic mass is 35.5. The van der Waals surface area contributed by atoms with Crippen molar-refractivity contribution in [2.45, 2.75) is 25.3 Å². The van der Waals surface area contributed by atoms with Gasteiger partial charge in [0.1, 0.15) is 5.82 Å². The van der Waals surface area contributed by atoms with Gasteiger partial charge in [0.25, 0.3) is 0 Å². The van der Waals surface area contributed by atoms with E-state index >= 15 is 0 Å². The predicted octanol–water partition coefficient (Wildman–Crippen LogP) is 1.94. The molecule has 1 saturated heterocycles. The Balaban J connectivity index is 2.06. The molecule has 1 aromatic rings. The van der Waals surface area contributed by atoms with E-state index in [2.05, 4.69) is 5.32 Å². The number of halogens is 2. The second kappa shape index (κ2) is 7.48. The van der Waals surface area contributed by atoms with Gasteiger partial charge in [0.05, 0.1) is 29.0 Å². The van der Waals surface area contributed by atoms with E-state index in [9.17, 15) is 22.4 Å². The van der Waals surface area contributed by atoms with Gasteiger partial charge in [-0.3, -0.25) is 9.59 Å². The molecule has 0 saturated carbocycles. The summed E-state index contributed by atoms with van der Waals surface area (Å²) in [5, 5.41) is 11.4. The summed E-state index contributed by atoms with van der Waals surface area (Å²) in [7, 11) is -3.09. The number of nitrogens with one attached hydrogen (secondary N) is 1. The number of sulfone groups is 1. The van der Waals surface area contributed by atoms with Crippen molar-refractivity contribution in [3.05, 3.63) is 34.6 Å². The average Bonchev–Trinajstić information content (AvgIpc) is 2.79. The lowest BCUT2D eigenvalue weighted by Crippen LogP contribution is -2.31. The van der Waals surface area contributed by atoms with E-state index in [1.54, 1.807) is 0 Å². The lowest BCUT2D eigenvalue weighted by atomic mass is 10.0. The molecule has 2 N–H and O–H groups in total. The maximum atomic E-state index is 13.6. The van der Waals surface area contributed by atoms with Crippen LogP contribution in [0.3, 0.4) is 0 Å². The molecule has 1 aliphatic rings. The maximum Gasteiger partial charge on any atom is 0.305 e. The third-order valence-corrected chi connectivity index (χ3v) is 6.00. The van der Waals surface area contributed by atoms with E-state index in [0.29, 0.717) is 6.42 Å². The number of carbonyl (C=O) groups excluding carboxylic acids is 1. The molecule has 2 unspecified atom stereocenters. The van der Waals surface area contributed by atoms with Gasteiger partial charge in [0, 0.05) is 6.42 Å². The predicted molar refractivity (Wildman–Crippen MR) is 85.9 cm³/mol. The molecule has 1 aromatic carbocycles. The number of carboxylic acid groups (broad SMARTS) is 1. The van der Waals surface area contributed by atoms with Gasteiger partial charge in [-0.15, -0.1) is 0 Å². The lowest BCUT2D eigenvalue weighted by Gasteiger charge is -2.19. The van der Waals surface area contributed by atoms with Crippen LogP contribution in [0.2, 0.25) is 5.02 Å². The molecule has 0 aromatic heterocycles. The second-order valence-electron chi connectivity index (χ2n) is 5.86. The van der Waals surface area contributed by atoms with Crippen molar-refractivity contribution in [3.8, 4) is 0 Å². The van der Waals surface area contributed by atoms with Gasteiger partial charge in [-0.1, -0.05) is 17.7 Å². The van der Waals surface area contributed by atoms with Gasteiger partial charge in [-0.2, -0.15) is 0 Å². The van der Waals surface area contributed by atoms with Crippen LogP contribution in [0.5, 0.6) is 0 Å². The van der Waals surface area contributed by atoms with Crippen LogP contribution >= 0.6 is 11.6 Å². The first-order chi connectivity index (χ1) is 11.2. The van der Waals surface area contributed by atoms with Crippen LogP contribution in [0.25, 0.3) is 0 Å². The number of rotatable bonds is 6. The topological polar surface area (TPSA) is 101 Å². The van der Waals surface area contributed by atoms with E-state index < -0.39 is 40.0 Å². The summed E-state index contributed by atoms with van der Waals surface area (Å²) in [6, 6.07) is 2.89. The fraction of sp³-hybridized carbons (Fsp3) is 0.467. The zero-order chi connectivity index (χ0) is 17.9. The molecule has 1 aliphatic heterocycles. The standard InChI is InChI=1S/C15H17ClFNO5S/c16-11-2-1-10(6-12(11)17)13(7-15(20)21)18-14(19)5-9-3-4-24(22,23)8-9/h1-2,6,9,13H,3-5,7-8H2,(H,18,19)(H,20,21). The smallest absolute Gasteiger partial charge is 0.305 e. The SMILES string of the molecule is O=C(O)CC(NC(=O)CC1CCS(=O)(=O)C1)c1ccc(Cl)c(F)c1. The molecule has 6 nitrogen and oxygen atoms in total. The normalized spacial score (nSPS) is 20.5. The van der Waals surface area contributed by atoms with Crippen LogP contribution in [-0.2, 0) is 19.4 Å². The Labute approximate surface area is 143 Å². The molecule has 132 valence electrons. The summed E-state index contributed by atoms with van der Waals surface area (Å²) in [4.78, 5) is 23.1. The highest BCUT2D eigenvalue weighted by Crippen LogP contribution is 2.25. The van der Waals surface area contributed by atoms with E-state index in [4.69, 9.17) is 16.7 Å². The van der Waals surface area contributed by atoms with Gasteiger partial charge in [0.2, 0.25) is 5.91 Å². The molecule has 0 aliphatic carbocycles. The van der Waals surface area contributed by atoms with Gasteiger partial charge in [-0.05, 0) is 30.0 Å². The lowest BCUT2D eigenvalue weighted by molar-refractivity contribution is -0.137. The molecule has 24 heavy (non-hydrogen) atoms. The molecule has 1 amide bonds. The zero-order valence-corrected chi connectivity index (χ0v) is 14.2. The summed E-state index contributed by atoms with van der Waals surface area (Å²) in [6.45, 7) is 0. The van der Waals surface area contributed by atoms with E-state index in [1.807, 2.05) is 0 Å². The third-order valence-electron chi connectivity index (χ3n) is 3.86. The van der Waals surface area contributed by atoms with Crippen molar-refractivity contribution in [3.63, 3.8) is 0 Å². The minimum atomic E-state index is -3.09. The zero-order valence-electron chi connectivity index (χ0n) is 12.7. The molecule has 2 rings (SSSR count). The minimum Gasteiger partial charge on any atom is -0.481 e. The van der Waals surface area contributed by atoms with Crippen molar-refractivity contribution < 1.29 is 27.5 Å². The van der Waals surface area contributed by atoms with Crippen LogP contribution in [0, 0.1) is 11.7 Å². The van der Waals surface area contributed by atoms with Gasteiger partial charge in [-0.25, -0.2) is 12.8 Å². The van der Waals surface area contributed by atoms with E-state index in [1.165, 1.54) is 12.1 Å². The Bertz CT molecular complexity index is 752. The molecular weight excluding hydrogens is 361 g/mol. The van der Waals surface area contributed by atoms with Crippen LogP contribution in [0.15, 0.2) is 18.2 Å². The Kier molecular flexibility index (Phi) is 5.82. The first-order valence-corrected chi connectivity index (χ1v) is 9.53. The van der Waals surface area contributed by atoms with E-state index in [-0.39, 0.29) is 34.4 Å². The van der Waals surface area contributed by atoms with Crippen LogP contribution in [0.1, 0.15) is 30.9 Å². The molecule has 1 heterocycles. The number of carbonyl (C=O) groups is 2. The number of hydrogen-bond acceptors (Lipinski definition) is 4. The Morgan fingerprint density at radius 3 is 2.67 bits per heavy atom. The maximum absolute atomic E-state index is 13.6. The highest BCUT2D eigenvalue weighted by Gasteiger charge is 2.30. The van der Waals surface area contributed by atoms with Crippen molar-refractivity contribution in [1.29, 1.82) is 0 Å². The fourth-order valence-corrected chi connectivity index (χ4v) is 4.68. The minimum absolute atomic E-state index is 0.00851. The fourth-order valence-electron chi connectivity index (χ4n) is 2.70. The highest BCUT2D eigenvalue weighted by molar-refractivity contribution is 7.91. The molecule has 2 atom stereocenters. The Morgan fingerprint density at radius 2 is 2.12 bits per heavy atom. The Morgan fingerprint density at radius 1 is 1.42 bits per heavy atom. The van der Waals surface area contributed by atoms with Crippen molar-refractivity contribution in [2.75, 3.05) is 11.5 Å². The van der Waals surface area contributed by atoms with Crippen LogP contribution < -0.4 is 5.32 Å². The molecule has 0 bridgehead atoms. The second-order valence-corrected chi connectivity index (χ2v) is 8.50. The molecule has 0 spiro atoms. The van der Waals surface area contributed by atoms with Crippen LogP contribution in [0.4, 0.5) is 4.39 Å². The largest absolute Gasteiger partial charge is 0.481 e. The molecular formula is C15H17ClFNO5S. The first-order valence-electron chi connectivity index (χ1n) is 7.33. The summed E-state index contributed by atoms with van der Waals surface area (Å²) in [6.07, 6.45) is -0.0177. The van der Waals surface area contributed by atoms with Gasteiger partial charge in [0.15, 0.2) is 9.84 Å². The third kappa shape index (κ3) is 5.17. The summed E-state index contributed by atoms with van der Waals surface area (Å²) in [5.41, 5.74) is 0.284. The van der Waals surface area contributed by atoms with Crippen molar-refractivity contribution in [2.24, 2.45) is 5.92 Å². The average molecular weight is 378 g/mol. The monoisotopic (exact) mass is 377 g/mol. The summed E-state index contributed by atoms with van der Waals surface area (Å²) in [5.74, 6) is -2.58. The quantitative estimate of drug-likeness (QED) is 0.789. The summed E-state index contributed by atoms with van der Waals surface area (Å²) >= 11 is 5.60. The molecule has 1 fully saturated rings. The van der Waals surface area contributed by atoms with E-state index in [0.717, 1.165) is 6.07 Å². The number of carboxylic acids is 1.